The van der Waals surface area contributed by atoms with Crippen LogP contribution in [0.15, 0.2) is 54.6 Å². The molecule has 40 heavy (non-hydrogen) atoms. The maximum Gasteiger partial charge on any atom is 0.331 e. The minimum absolute atomic E-state index is 0.127. The molecule has 216 valence electrons. The predicted octanol–water partition coefficient (Wildman–Crippen LogP) is 0.561. The quantitative estimate of drug-likeness (QED) is 0.209. The highest BCUT2D eigenvalue weighted by Gasteiger charge is 2.33. The van der Waals surface area contributed by atoms with Crippen LogP contribution >= 0.6 is 0 Å². The van der Waals surface area contributed by atoms with E-state index in [-0.39, 0.29) is 6.42 Å². The van der Waals surface area contributed by atoms with Crippen molar-refractivity contribution in [2.45, 2.75) is 57.8 Å². The predicted molar refractivity (Wildman–Crippen MR) is 145 cm³/mol. The Labute approximate surface area is 232 Å². The van der Waals surface area contributed by atoms with Crippen molar-refractivity contribution in [3.8, 4) is 11.5 Å². The van der Waals surface area contributed by atoms with Crippen LogP contribution in [0.3, 0.4) is 0 Å². The van der Waals surface area contributed by atoms with Gasteiger partial charge in [-0.15, -0.1) is 0 Å². The zero-order valence-corrected chi connectivity index (χ0v) is 22.9. The zero-order valence-electron chi connectivity index (χ0n) is 22.9. The van der Waals surface area contributed by atoms with E-state index in [9.17, 15) is 29.1 Å². The molecule has 0 fully saturated rings. The van der Waals surface area contributed by atoms with Crippen LogP contribution in [0.2, 0.25) is 0 Å². The van der Waals surface area contributed by atoms with Crippen LogP contribution in [0, 0.1) is 5.92 Å². The van der Waals surface area contributed by atoms with Gasteiger partial charge in [0.15, 0.2) is 6.04 Å². The third kappa shape index (κ3) is 10.0. The van der Waals surface area contributed by atoms with Crippen LogP contribution in [-0.4, -0.2) is 66.0 Å². The number of hydrogen-bond donors (Lipinski definition) is 5. The number of nitrogens with two attached hydrogens (primary N) is 1. The van der Waals surface area contributed by atoms with E-state index in [4.69, 9.17) is 10.5 Å². The lowest BCUT2D eigenvalue weighted by molar-refractivity contribution is -0.148. The smallest absolute Gasteiger partial charge is 0.331 e. The molecule has 0 heterocycles. The lowest BCUT2D eigenvalue weighted by Gasteiger charge is -2.27. The number of ether oxygens (including phenoxy) is 2. The SMILES string of the molecule is COC(=O)[C@@H](NC(=O)[C@@H](NC(=O)[C@H](CC(N)=O)NC(=O)Cc1cccc(Oc2ccccc2)c1)C(C)C)[C@H](C)O. The highest BCUT2D eigenvalue weighted by molar-refractivity contribution is 5.96. The third-order valence-corrected chi connectivity index (χ3v) is 5.78. The van der Waals surface area contributed by atoms with Gasteiger partial charge in [0.05, 0.1) is 26.1 Å². The molecular formula is C28H36N4O8. The van der Waals surface area contributed by atoms with Gasteiger partial charge < -0.3 is 36.3 Å². The molecule has 0 aromatic heterocycles. The molecule has 0 aliphatic rings. The van der Waals surface area contributed by atoms with Gasteiger partial charge in [0, 0.05) is 0 Å². The number of carbonyl (C=O) groups excluding carboxylic acids is 5. The molecule has 0 saturated heterocycles. The Bertz CT molecular complexity index is 1190. The number of aliphatic hydroxyl groups is 1. The summed E-state index contributed by atoms with van der Waals surface area (Å²) in [7, 11) is 1.11. The van der Waals surface area contributed by atoms with Gasteiger partial charge in [-0.2, -0.15) is 0 Å². The van der Waals surface area contributed by atoms with E-state index in [1.807, 2.05) is 18.2 Å². The second-order valence-electron chi connectivity index (χ2n) is 9.51. The van der Waals surface area contributed by atoms with Crippen LogP contribution in [-0.2, 0) is 35.1 Å². The first-order valence-electron chi connectivity index (χ1n) is 12.7. The molecule has 0 spiro atoms. The van der Waals surface area contributed by atoms with E-state index >= 15 is 0 Å². The number of benzene rings is 2. The average molecular weight is 557 g/mol. The topological polar surface area (TPSA) is 186 Å². The molecule has 4 amide bonds. The maximum absolute atomic E-state index is 13.1. The summed E-state index contributed by atoms with van der Waals surface area (Å²) in [5.74, 6) is -3.20. The molecule has 6 N–H and O–H groups in total. The number of aliphatic hydroxyl groups excluding tert-OH is 1. The Morgan fingerprint density at radius 1 is 0.850 bits per heavy atom. The molecule has 0 bridgehead atoms. The molecular weight excluding hydrogens is 520 g/mol. The number of hydrogen-bond acceptors (Lipinski definition) is 8. The summed E-state index contributed by atoms with van der Waals surface area (Å²) in [6.45, 7) is 4.59. The number of rotatable bonds is 14. The van der Waals surface area contributed by atoms with Crippen LogP contribution in [0.5, 0.6) is 11.5 Å². The molecule has 0 radical (unpaired) electrons. The number of primary amides is 1. The number of nitrogens with one attached hydrogen (secondary N) is 3. The Balaban J connectivity index is 2.10. The van der Waals surface area contributed by atoms with Gasteiger partial charge in [0.1, 0.15) is 23.6 Å². The van der Waals surface area contributed by atoms with Gasteiger partial charge >= 0.3 is 5.97 Å². The summed E-state index contributed by atoms with van der Waals surface area (Å²) >= 11 is 0. The largest absolute Gasteiger partial charge is 0.467 e. The van der Waals surface area contributed by atoms with Crippen molar-refractivity contribution in [3.05, 3.63) is 60.2 Å². The van der Waals surface area contributed by atoms with Crippen molar-refractivity contribution >= 4 is 29.6 Å². The summed E-state index contributed by atoms with van der Waals surface area (Å²) in [4.78, 5) is 62.4. The van der Waals surface area contributed by atoms with E-state index in [1.165, 1.54) is 6.92 Å². The molecule has 0 unspecified atom stereocenters. The highest BCUT2D eigenvalue weighted by atomic mass is 16.5. The van der Waals surface area contributed by atoms with Gasteiger partial charge in [-0.3, -0.25) is 19.2 Å². The van der Waals surface area contributed by atoms with Crippen LogP contribution in [0.25, 0.3) is 0 Å². The molecule has 0 aliphatic carbocycles. The van der Waals surface area contributed by atoms with Crippen LogP contribution in [0.1, 0.15) is 32.8 Å². The number of para-hydroxylation sites is 1. The monoisotopic (exact) mass is 556 g/mol. The zero-order chi connectivity index (χ0) is 29.8. The normalized spacial score (nSPS) is 13.8. The fraction of sp³-hybridized carbons (Fsp3) is 0.393. The Hall–Kier alpha value is -4.45. The summed E-state index contributed by atoms with van der Waals surface area (Å²) in [6.07, 6.45) is -1.91. The lowest BCUT2D eigenvalue weighted by Crippen LogP contribution is -2.59. The van der Waals surface area contributed by atoms with Gasteiger partial charge in [0.25, 0.3) is 0 Å². The fourth-order valence-electron chi connectivity index (χ4n) is 3.72. The average Bonchev–Trinajstić information content (AvgIpc) is 2.89. The molecule has 2 aromatic carbocycles. The number of carbonyl (C=O) groups is 5. The first-order valence-corrected chi connectivity index (χ1v) is 12.7. The van der Waals surface area contributed by atoms with E-state index in [1.54, 1.807) is 50.2 Å². The van der Waals surface area contributed by atoms with Crippen LogP contribution in [0.4, 0.5) is 0 Å². The molecule has 12 nitrogen and oxygen atoms in total. The van der Waals surface area contributed by atoms with Gasteiger partial charge in [-0.05, 0) is 42.7 Å². The first kappa shape index (κ1) is 31.8. The first-order chi connectivity index (χ1) is 18.9. The minimum atomic E-state index is -1.36. The standard InChI is InChI=1S/C28H36N4O8/c1-16(2)24(27(37)32-25(17(3)33)28(38)39-4)31-26(36)21(15-22(29)34)30-23(35)14-18-9-8-12-20(13-18)40-19-10-6-5-7-11-19/h5-13,16-17,21,24-25,33H,14-15H2,1-4H3,(H2,29,34)(H,30,35)(H,31,36)(H,32,37)/t17-,21-,24-,25-/m0/s1. The van der Waals surface area contributed by atoms with Crippen molar-refractivity contribution < 1.29 is 38.6 Å². The maximum atomic E-state index is 13.1. The van der Waals surface area contributed by atoms with Crippen molar-refractivity contribution in [1.29, 1.82) is 0 Å². The minimum Gasteiger partial charge on any atom is -0.467 e. The molecule has 2 rings (SSSR count). The molecule has 4 atom stereocenters. The summed E-state index contributed by atoms with van der Waals surface area (Å²) < 4.78 is 10.4. The van der Waals surface area contributed by atoms with E-state index in [0.29, 0.717) is 17.1 Å². The third-order valence-electron chi connectivity index (χ3n) is 5.78. The summed E-state index contributed by atoms with van der Waals surface area (Å²) in [5.41, 5.74) is 5.90. The fourth-order valence-corrected chi connectivity index (χ4v) is 3.72. The van der Waals surface area contributed by atoms with Gasteiger partial charge in [-0.25, -0.2) is 4.79 Å². The summed E-state index contributed by atoms with van der Waals surface area (Å²) in [5, 5.41) is 17.2. The van der Waals surface area contributed by atoms with E-state index in [2.05, 4.69) is 20.7 Å². The molecule has 0 saturated carbocycles. The summed E-state index contributed by atoms with van der Waals surface area (Å²) in [6, 6.07) is 12.0. The second kappa shape index (κ2) is 15.2. The van der Waals surface area contributed by atoms with Crippen molar-refractivity contribution in [2.75, 3.05) is 7.11 Å². The lowest BCUT2D eigenvalue weighted by atomic mass is 10.0. The highest BCUT2D eigenvalue weighted by Crippen LogP contribution is 2.22. The second-order valence-corrected chi connectivity index (χ2v) is 9.51. The number of methoxy groups -OCH3 is 1. The van der Waals surface area contributed by atoms with Gasteiger partial charge in [-0.1, -0.05) is 44.2 Å². The van der Waals surface area contributed by atoms with Gasteiger partial charge in [0.2, 0.25) is 23.6 Å². The molecule has 0 aliphatic heterocycles. The van der Waals surface area contributed by atoms with E-state index in [0.717, 1.165) is 7.11 Å². The molecule has 12 heteroatoms. The van der Waals surface area contributed by atoms with Crippen molar-refractivity contribution in [1.82, 2.24) is 16.0 Å². The van der Waals surface area contributed by atoms with Crippen LogP contribution < -0.4 is 26.4 Å². The number of amides is 4. The Morgan fingerprint density at radius 3 is 2.05 bits per heavy atom. The Kier molecular flexibility index (Phi) is 12.1. The Morgan fingerprint density at radius 2 is 1.48 bits per heavy atom. The number of esters is 1. The van der Waals surface area contributed by atoms with E-state index < -0.39 is 66.2 Å². The van der Waals surface area contributed by atoms with Crippen molar-refractivity contribution in [3.63, 3.8) is 0 Å². The van der Waals surface area contributed by atoms with Crippen molar-refractivity contribution in [2.24, 2.45) is 11.7 Å². The molecule has 2 aromatic rings.